The van der Waals surface area contributed by atoms with Crippen LogP contribution in [0.4, 0.5) is 0 Å². The molecular weight excluding hydrogens is 350 g/mol. The second-order valence-corrected chi connectivity index (χ2v) is 6.99. The van der Waals surface area contributed by atoms with E-state index in [1.807, 2.05) is 19.2 Å². The lowest BCUT2D eigenvalue weighted by Crippen LogP contribution is -2.36. The number of aromatic hydroxyl groups is 1. The first-order valence-electron chi connectivity index (χ1n) is 8.82. The minimum Gasteiger partial charge on any atom is -0.504 e. The molecule has 3 heterocycles. The summed E-state index contributed by atoms with van der Waals surface area (Å²) in [6.07, 6.45) is 0.386. The van der Waals surface area contributed by atoms with E-state index in [4.69, 9.17) is 18.9 Å². The number of phenols is 1. The lowest BCUT2D eigenvalue weighted by atomic mass is 9.86. The van der Waals surface area contributed by atoms with Gasteiger partial charge in [0.2, 0.25) is 6.79 Å². The van der Waals surface area contributed by atoms with Crippen LogP contribution in [0.15, 0.2) is 24.3 Å². The number of carbonyl (C=O) groups is 1. The van der Waals surface area contributed by atoms with E-state index in [1.54, 1.807) is 6.07 Å². The normalized spacial score (nSPS) is 23.0. The van der Waals surface area contributed by atoms with Gasteiger partial charge in [-0.1, -0.05) is 6.07 Å². The van der Waals surface area contributed by atoms with E-state index in [9.17, 15) is 9.90 Å². The van der Waals surface area contributed by atoms with Crippen molar-refractivity contribution in [2.75, 3.05) is 27.5 Å². The zero-order valence-corrected chi connectivity index (χ0v) is 15.0. The van der Waals surface area contributed by atoms with Crippen molar-refractivity contribution in [3.63, 3.8) is 0 Å². The van der Waals surface area contributed by atoms with Crippen LogP contribution in [-0.2, 0) is 11.2 Å². The number of ether oxygens (including phenoxy) is 4. The van der Waals surface area contributed by atoms with Gasteiger partial charge < -0.3 is 24.1 Å². The van der Waals surface area contributed by atoms with E-state index in [1.165, 1.54) is 13.2 Å². The van der Waals surface area contributed by atoms with Crippen molar-refractivity contribution in [2.24, 2.45) is 0 Å². The largest absolute Gasteiger partial charge is 0.504 e. The average Bonchev–Trinajstić information content (AvgIpc) is 3.24. The van der Waals surface area contributed by atoms with E-state index in [2.05, 4.69) is 4.90 Å². The Kier molecular flexibility index (Phi) is 3.48. The molecule has 0 aromatic heterocycles. The molecule has 0 spiro atoms. The van der Waals surface area contributed by atoms with Gasteiger partial charge in [-0.3, -0.25) is 4.90 Å². The first-order valence-corrected chi connectivity index (χ1v) is 8.82. The maximum atomic E-state index is 12.6. The second kappa shape index (κ2) is 5.79. The third-order valence-electron chi connectivity index (χ3n) is 5.57. The molecule has 3 aliphatic heterocycles. The number of carbonyl (C=O) groups excluding carboxylic acids is 1. The molecule has 0 fully saturated rings. The van der Waals surface area contributed by atoms with Crippen LogP contribution >= 0.6 is 0 Å². The molecule has 7 nitrogen and oxygen atoms in total. The highest BCUT2D eigenvalue weighted by Crippen LogP contribution is 2.50. The number of hydrogen-bond donors (Lipinski definition) is 1. The van der Waals surface area contributed by atoms with Crippen LogP contribution in [0.2, 0.25) is 0 Å². The minimum absolute atomic E-state index is 0.0744. The molecule has 0 saturated carbocycles. The number of cyclic esters (lactones) is 1. The Labute approximate surface area is 156 Å². The quantitative estimate of drug-likeness (QED) is 0.815. The lowest BCUT2D eigenvalue weighted by Gasteiger charge is -2.37. The Hall–Kier alpha value is -2.93. The maximum Gasteiger partial charge on any atom is 0.343 e. The van der Waals surface area contributed by atoms with Crippen LogP contribution in [0.3, 0.4) is 0 Å². The number of nitrogens with zero attached hydrogens (tertiary/aromatic N) is 1. The van der Waals surface area contributed by atoms with Crippen LogP contribution < -0.4 is 14.2 Å². The molecule has 0 saturated heterocycles. The molecule has 0 amide bonds. The Balaban J connectivity index is 1.64. The van der Waals surface area contributed by atoms with E-state index >= 15 is 0 Å². The smallest absolute Gasteiger partial charge is 0.343 e. The van der Waals surface area contributed by atoms with E-state index in [0.717, 1.165) is 35.4 Å². The van der Waals surface area contributed by atoms with Crippen LogP contribution in [0, 0.1) is 0 Å². The van der Waals surface area contributed by atoms with Crippen LogP contribution in [0.1, 0.15) is 39.2 Å². The fraction of sp³-hybridized carbons (Fsp3) is 0.350. The molecule has 0 aliphatic carbocycles. The van der Waals surface area contributed by atoms with Gasteiger partial charge in [0.25, 0.3) is 0 Å². The summed E-state index contributed by atoms with van der Waals surface area (Å²) in [5.74, 6) is 1.07. The van der Waals surface area contributed by atoms with Gasteiger partial charge in [0, 0.05) is 12.1 Å². The molecule has 0 radical (unpaired) electrons. The molecule has 3 aliphatic rings. The van der Waals surface area contributed by atoms with Gasteiger partial charge in [-0.15, -0.1) is 0 Å². The van der Waals surface area contributed by atoms with E-state index < -0.39 is 12.1 Å². The van der Waals surface area contributed by atoms with Crippen molar-refractivity contribution < 1.29 is 28.8 Å². The number of likely N-dealkylation sites (N-methyl/N-ethyl adjacent to an activating group) is 1. The molecule has 2 aromatic carbocycles. The van der Waals surface area contributed by atoms with Crippen molar-refractivity contribution in [1.29, 1.82) is 0 Å². The van der Waals surface area contributed by atoms with Gasteiger partial charge in [-0.2, -0.15) is 0 Å². The molecule has 140 valence electrons. The van der Waals surface area contributed by atoms with E-state index in [-0.39, 0.29) is 24.3 Å². The molecule has 1 N–H and O–H groups in total. The zero-order valence-electron chi connectivity index (χ0n) is 15.0. The highest BCUT2D eigenvalue weighted by Gasteiger charge is 2.44. The predicted molar refractivity (Wildman–Crippen MR) is 94.5 cm³/mol. The van der Waals surface area contributed by atoms with Crippen molar-refractivity contribution in [2.45, 2.75) is 18.6 Å². The molecule has 2 aromatic rings. The third kappa shape index (κ3) is 2.28. The SMILES string of the molecule is COc1c(O)ccc2c1C(=O)O[C@@H]2[C@@H]1c2cc3c(cc2CCN1C)OCO3. The second-order valence-electron chi connectivity index (χ2n) is 6.99. The fourth-order valence-corrected chi connectivity index (χ4v) is 4.27. The number of rotatable bonds is 2. The Bertz CT molecular complexity index is 956. The van der Waals surface area contributed by atoms with Gasteiger partial charge in [0.05, 0.1) is 13.2 Å². The summed E-state index contributed by atoms with van der Waals surface area (Å²) >= 11 is 0. The maximum absolute atomic E-state index is 12.6. The molecule has 5 rings (SSSR count). The zero-order chi connectivity index (χ0) is 18.7. The van der Waals surface area contributed by atoms with Gasteiger partial charge in [-0.25, -0.2) is 4.79 Å². The summed E-state index contributed by atoms with van der Waals surface area (Å²) in [4.78, 5) is 14.8. The summed E-state index contributed by atoms with van der Waals surface area (Å²) in [5, 5.41) is 10.0. The third-order valence-corrected chi connectivity index (χ3v) is 5.57. The van der Waals surface area contributed by atoms with Crippen molar-refractivity contribution in [3.05, 3.63) is 46.5 Å². The lowest BCUT2D eigenvalue weighted by molar-refractivity contribution is 0.00935. The molecule has 7 heteroatoms. The highest BCUT2D eigenvalue weighted by molar-refractivity contribution is 5.98. The summed E-state index contributed by atoms with van der Waals surface area (Å²) in [6, 6.07) is 7.12. The van der Waals surface area contributed by atoms with Crippen molar-refractivity contribution >= 4 is 5.97 Å². The monoisotopic (exact) mass is 369 g/mol. The first kappa shape index (κ1) is 16.3. The summed E-state index contributed by atoms with van der Waals surface area (Å²) < 4.78 is 22.1. The number of fused-ring (bicyclic) bond motifs is 3. The summed E-state index contributed by atoms with van der Waals surface area (Å²) in [7, 11) is 3.44. The average molecular weight is 369 g/mol. The Morgan fingerprint density at radius 1 is 1.19 bits per heavy atom. The summed E-state index contributed by atoms with van der Waals surface area (Å²) in [5.41, 5.74) is 3.24. The molecule has 27 heavy (non-hydrogen) atoms. The standard InChI is InChI=1S/C20H19NO6/c1-21-6-5-10-7-14-15(26-9-25-14)8-12(10)17(21)18-11-3-4-13(22)19(24-2)16(11)20(23)27-18/h3-4,7-8,17-18,22H,5-6,9H2,1-2H3/t17-,18-/m0/s1. The summed E-state index contributed by atoms with van der Waals surface area (Å²) in [6.45, 7) is 1.05. The minimum atomic E-state index is -0.494. The Morgan fingerprint density at radius 2 is 1.96 bits per heavy atom. The van der Waals surface area contributed by atoms with Gasteiger partial charge in [0.1, 0.15) is 11.7 Å². The first-order chi connectivity index (χ1) is 13.1. The van der Waals surface area contributed by atoms with Gasteiger partial charge >= 0.3 is 5.97 Å². The molecular formula is C20H19NO6. The Morgan fingerprint density at radius 3 is 2.74 bits per heavy atom. The van der Waals surface area contributed by atoms with Crippen LogP contribution in [0.5, 0.6) is 23.0 Å². The number of benzene rings is 2. The molecule has 0 unspecified atom stereocenters. The van der Waals surface area contributed by atoms with Gasteiger partial charge in [0.15, 0.2) is 23.0 Å². The predicted octanol–water partition coefficient (Wildman–Crippen LogP) is 2.57. The number of esters is 1. The highest BCUT2D eigenvalue weighted by atomic mass is 16.7. The number of hydrogen-bond acceptors (Lipinski definition) is 7. The van der Waals surface area contributed by atoms with Crippen LogP contribution in [-0.4, -0.2) is 43.5 Å². The van der Waals surface area contributed by atoms with Crippen molar-refractivity contribution in [1.82, 2.24) is 4.90 Å². The van der Waals surface area contributed by atoms with Gasteiger partial charge in [-0.05, 0) is 42.8 Å². The molecule has 0 bridgehead atoms. The van der Waals surface area contributed by atoms with Crippen LogP contribution in [0.25, 0.3) is 0 Å². The number of methoxy groups -OCH3 is 1. The van der Waals surface area contributed by atoms with E-state index in [0.29, 0.717) is 11.3 Å². The van der Waals surface area contributed by atoms with Crippen molar-refractivity contribution in [3.8, 4) is 23.0 Å². The fourth-order valence-electron chi connectivity index (χ4n) is 4.27. The number of phenolic OH excluding ortho intramolecular Hbond substituents is 1. The molecule has 2 atom stereocenters. The topological polar surface area (TPSA) is 77.5 Å².